The van der Waals surface area contributed by atoms with Crippen LogP contribution in [0.25, 0.3) is 0 Å². The van der Waals surface area contributed by atoms with Crippen LogP contribution in [-0.4, -0.2) is 24.0 Å². The molecular weight excluding hydrogens is 134 g/mol. The van der Waals surface area contributed by atoms with E-state index in [1.165, 1.54) is 38.8 Å². The van der Waals surface area contributed by atoms with Crippen molar-refractivity contribution in [3.8, 4) is 0 Å². The zero-order valence-electron chi connectivity index (χ0n) is 7.68. The number of hydrogen-bond acceptors (Lipinski definition) is 1. The van der Waals surface area contributed by atoms with Gasteiger partial charge in [0.1, 0.15) is 0 Å². The van der Waals surface area contributed by atoms with E-state index in [1.807, 2.05) is 0 Å². The molecule has 11 heavy (non-hydrogen) atoms. The fraction of sp³-hybridized carbons (Fsp3) is 0.900. The molecule has 1 aliphatic heterocycles. The molecule has 0 saturated carbocycles. The summed E-state index contributed by atoms with van der Waals surface area (Å²) in [5.41, 5.74) is 0. The summed E-state index contributed by atoms with van der Waals surface area (Å²) < 4.78 is 0. The molecule has 1 nitrogen and oxygen atoms in total. The van der Waals surface area contributed by atoms with Gasteiger partial charge >= 0.3 is 0 Å². The van der Waals surface area contributed by atoms with Crippen LogP contribution in [0.15, 0.2) is 0 Å². The average molecular weight is 154 g/mol. The molecule has 1 heterocycles. The summed E-state index contributed by atoms with van der Waals surface area (Å²) in [4.78, 5) is 2.61. The molecule has 1 saturated heterocycles. The third-order valence-corrected chi connectivity index (χ3v) is 2.67. The van der Waals surface area contributed by atoms with Crippen LogP contribution >= 0.6 is 0 Å². The Balaban J connectivity index is 2.31. The second-order valence-electron chi connectivity index (χ2n) is 3.45. The first-order valence-corrected chi connectivity index (χ1v) is 4.91. The van der Waals surface area contributed by atoms with Gasteiger partial charge in [0.05, 0.1) is 0 Å². The molecule has 1 radical (unpaired) electrons. The molecule has 1 fully saturated rings. The largest absolute Gasteiger partial charge is 0.300 e. The maximum Gasteiger partial charge on any atom is 0.00926 e. The molecule has 1 unspecified atom stereocenters. The number of hydrogen-bond donors (Lipinski definition) is 0. The smallest absolute Gasteiger partial charge is 0.00926 e. The van der Waals surface area contributed by atoms with Gasteiger partial charge in [0, 0.05) is 6.04 Å². The van der Waals surface area contributed by atoms with Crippen LogP contribution in [0.4, 0.5) is 0 Å². The minimum atomic E-state index is 0.866. The molecule has 1 atom stereocenters. The SMILES string of the molecule is [CH2]CCN1CCCCC1CC. The Bertz CT molecular complexity index is 99.0. The Morgan fingerprint density at radius 3 is 2.91 bits per heavy atom. The molecule has 0 aliphatic carbocycles. The van der Waals surface area contributed by atoms with Crippen molar-refractivity contribution in [1.29, 1.82) is 0 Å². The van der Waals surface area contributed by atoms with Gasteiger partial charge in [-0.05, 0) is 38.8 Å². The molecule has 0 N–H and O–H groups in total. The maximum absolute atomic E-state index is 3.91. The standard InChI is InChI=1S/C10H20N/c1-3-8-11-9-6-5-7-10(11)4-2/h10H,1,3-9H2,2H3. The molecule has 1 heteroatoms. The lowest BCUT2D eigenvalue weighted by Crippen LogP contribution is -2.39. The topological polar surface area (TPSA) is 3.24 Å². The van der Waals surface area contributed by atoms with E-state index in [-0.39, 0.29) is 0 Å². The first kappa shape index (κ1) is 9.05. The fourth-order valence-corrected chi connectivity index (χ4v) is 2.02. The molecule has 0 amide bonds. The highest BCUT2D eigenvalue weighted by molar-refractivity contribution is 4.75. The minimum Gasteiger partial charge on any atom is -0.300 e. The van der Waals surface area contributed by atoms with Gasteiger partial charge in [0.15, 0.2) is 0 Å². The number of piperidine rings is 1. The van der Waals surface area contributed by atoms with Crippen molar-refractivity contribution in [3.63, 3.8) is 0 Å². The van der Waals surface area contributed by atoms with Gasteiger partial charge in [-0.15, -0.1) is 0 Å². The van der Waals surface area contributed by atoms with Gasteiger partial charge < -0.3 is 4.90 Å². The van der Waals surface area contributed by atoms with Crippen molar-refractivity contribution >= 4 is 0 Å². The summed E-state index contributed by atoms with van der Waals surface area (Å²) in [7, 11) is 0. The molecule has 0 spiro atoms. The number of likely N-dealkylation sites (tertiary alicyclic amines) is 1. The molecular formula is C10H20N. The van der Waals surface area contributed by atoms with Gasteiger partial charge in [-0.2, -0.15) is 0 Å². The van der Waals surface area contributed by atoms with Crippen molar-refractivity contribution < 1.29 is 0 Å². The second-order valence-corrected chi connectivity index (χ2v) is 3.45. The van der Waals surface area contributed by atoms with Crippen LogP contribution in [0.5, 0.6) is 0 Å². The summed E-state index contributed by atoms with van der Waals surface area (Å²) in [6, 6.07) is 0.866. The summed E-state index contributed by atoms with van der Waals surface area (Å²) in [5, 5.41) is 0. The second kappa shape index (κ2) is 4.76. The third kappa shape index (κ3) is 2.48. The van der Waals surface area contributed by atoms with Gasteiger partial charge in [0.25, 0.3) is 0 Å². The van der Waals surface area contributed by atoms with Gasteiger partial charge in [-0.1, -0.05) is 20.3 Å². The van der Waals surface area contributed by atoms with Crippen molar-refractivity contribution in [1.82, 2.24) is 4.90 Å². The summed E-state index contributed by atoms with van der Waals surface area (Å²) in [6.07, 6.45) is 6.63. The zero-order chi connectivity index (χ0) is 8.10. The highest BCUT2D eigenvalue weighted by atomic mass is 15.2. The van der Waals surface area contributed by atoms with Crippen molar-refractivity contribution in [3.05, 3.63) is 6.92 Å². The summed E-state index contributed by atoms with van der Waals surface area (Å²) >= 11 is 0. The first-order valence-electron chi connectivity index (χ1n) is 4.91. The summed E-state index contributed by atoms with van der Waals surface area (Å²) in [6.45, 7) is 8.72. The fourth-order valence-electron chi connectivity index (χ4n) is 2.02. The highest BCUT2D eigenvalue weighted by Gasteiger charge is 2.18. The summed E-state index contributed by atoms with van der Waals surface area (Å²) in [5.74, 6) is 0. The third-order valence-electron chi connectivity index (χ3n) is 2.67. The highest BCUT2D eigenvalue weighted by Crippen LogP contribution is 2.18. The van der Waals surface area contributed by atoms with Crippen molar-refractivity contribution in [2.75, 3.05) is 13.1 Å². The van der Waals surface area contributed by atoms with Gasteiger partial charge in [0.2, 0.25) is 0 Å². The Hall–Kier alpha value is -0.0400. The number of nitrogens with zero attached hydrogens (tertiary/aromatic N) is 1. The number of rotatable bonds is 3. The Morgan fingerprint density at radius 2 is 2.27 bits per heavy atom. The molecule has 1 aliphatic rings. The lowest BCUT2D eigenvalue weighted by molar-refractivity contribution is 0.146. The van der Waals surface area contributed by atoms with Crippen LogP contribution in [0, 0.1) is 6.92 Å². The molecule has 0 bridgehead atoms. The molecule has 0 aromatic rings. The normalized spacial score (nSPS) is 27.3. The van der Waals surface area contributed by atoms with E-state index in [0.29, 0.717) is 0 Å². The Labute approximate surface area is 70.8 Å². The Morgan fingerprint density at radius 1 is 1.45 bits per heavy atom. The van der Waals surface area contributed by atoms with E-state index in [4.69, 9.17) is 0 Å². The van der Waals surface area contributed by atoms with Crippen LogP contribution in [-0.2, 0) is 0 Å². The van der Waals surface area contributed by atoms with Crippen molar-refractivity contribution in [2.24, 2.45) is 0 Å². The monoisotopic (exact) mass is 154 g/mol. The van der Waals surface area contributed by atoms with E-state index in [1.54, 1.807) is 0 Å². The van der Waals surface area contributed by atoms with Crippen LogP contribution in [0.3, 0.4) is 0 Å². The minimum absolute atomic E-state index is 0.866. The van der Waals surface area contributed by atoms with Crippen LogP contribution in [0.2, 0.25) is 0 Å². The van der Waals surface area contributed by atoms with E-state index < -0.39 is 0 Å². The first-order chi connectivity index (χ1) is 5.38. The quantitative estimate of drug-likeness (QED) is 0.603. The molecule has 0 aromatic heterocycles. The average Bonchev–Trinajstić information content (AvgIpc) is 2.06. The lowest BCUT2D eigenvalue weighted by Gasteiger charge is -2.34. The van der Waals surface area contributed by atoms with Crippen LogP contribution < -0.4 is 0 Å². The van der Waals surface area contributed by atoms with Crippen LogP contribution in [0.1, 0.15) is 39.0 Å². The predicted octanol–water partition coefficient (Wildman–Crippen LogP) is 2.48. The predicted molar refractivity (Wildman–Crippen MR) is 49.5 cm³/mol. The van der Waals surface area contributed by atoms with E-state index in [0.717, 1.165) is 12.5 Å². The van der Waals surface area contributed by atoms with Gasteiger partial charge in [-0.25, -0.2) is 0 Å². The maximum atomic E-state index is 3.91. The molecule has 0 aromatic carbocycles. The molecule has 1 rings (SSSR count). The lowest BCUT2D eigenvalue weighted by atomic mass is 10.00. The van der Waals surface area contributed by atoms with E-state index >= 15 is 0 Å². The van der Waals surface area contributed by atoms with Gasteiger partial charge in [-0.3, -0.25) is 0 Å². The molecule has 65 valence electrons. The van der Waals surface area contributed by atoms with E-state index in [9.17, 15) is 0 Å². The van der Waals surface area contributed by atoms with E-state index in [2.05, 4.69) is 18.7 Å². The zero-order valence-corrected chi connectivity index (χ0v) is 7.68. The Kier molecular flexibility index (Phi) is 3.92. The van der Waals surface area contributed by atoms with Crippen molar-refractivity contribution in [2.45, 2.75) is 45.1 Å².